The predicted octanol–water partition coefficient (Wildman–Crippen LogP) is 2.07. The van der Waals surface area contributed by atoms with Gasteiger partial charge in [0, 0.05) is 0 Å². The molecule has 0 fully saturated rings. The van der Waals surface area contributed by atoms with Crippen molar-refractivity contribution in [2.75, 3.05) is 6.61 Å². The third-order valence-corrected chi connectivity index (χ3v) is 2.53. The molecule has 1 aromatic heterocycles. The van der Waals surface area contributed by atoms with Crippen molar-refractivity contribution in [2.45, 2.75) is 32.6 Å². The van der Waals surface area contributed by atoms with Gasteiger partial charge in [0.25, 0.3) is 5.89 Å². The Hall–Kier alpha value is -1.92. The minimum absolute atomic E-state index is 0.119. The molecule has 0 bridgehead atoms. The highest BCUT2D eigenvalue weighted by Crippen LogP contribution is 2.12. The first-order chi connectivity index (χ1) is 9.65. The summed E-state index contributed by atoms with van der Waals surface area (Å²) in [6, 6.07) is 9.04. The van der Waals surface area contributed by atoms with Gasteiger partial charge >= 0.3 is 0 Å². The van der Waals surface area contributed by atoms with Gasteiger partial charge in [-0.3, -0.25) is 0 Å². The summed E-state index contributed by atoms with van der Waals surface area (Å²) in [5, 5.41) is 3.84. The number of nitrogens with two attached hydrogens (primary N) is 1. The normalized spacial score (nSPS) is 12.6. The number of hydrogen-bond acceptors (Lipinski definition) is 6. The molecule has 1 heterocycles. The Kier molecular flexibility index (Phi) is 5.09. The molecule has 0 amide bonds. The van der Waals surface area contributed by atoms with E-state index in [4.69, 9.17) is 19.7 Å². The van der Waals surface area contributed by atoms with Crippen molar-refractivity contribution in [1.82, 2.24) is 10.1 Å². The Balaban J connectivity index is 1.85. The second-order valence-electron chi connectivity index (χ2n) is 4.64. The number of aromatic nitrogens is 2. The van der Waals surface area contributed by atoms with Crippen molar-refractivity contribution in [3.05, 3.63) is 42.0 Å². The van der Waals surface area contributed by atoms with Crippen LogP contribution in [0.3, 0.4) is 0 Å². The van der Waals surface area contributed by atoms with E-state index in [2.05, 4.69) is 10.1 Å². The van der Waals surface area contributed by atoms with Crippen molar-refractivity contribution < 1.29 is 14.0 Å². The lowest BCUT2D eigenvalue weighted by Crippen LogP contribution is -2.20. The van der Waals surface area contributed by atoms with Crippen molar-refractivity contribution in [3.8, 4) is 5.75 Å². The zero-order valence-corrected chi connectivity index (χ0v) is 11.7. The van der Waals surface area contributed by atoms with Crippen LogP contribution in [0.1, 0.15) is 31.6 Å². The SMILES string of the molecule is CC(C)OCC(N)c1noc(COc2ccccc2)n1. The fourth-order valence-corrected chi connectivity index (χ4v) is 1.51. The number of ether oxygens (including phenoxy) is 2. The highest BCUT2D eigenvalue weighted by atomic mass is 16.5. The summed E-state index contributed by atoms with van der Waals surface area (Å²) in [5.41, 5.74) is 5.91. The highest BCUT2D eigenvalue weighted by Gasteiger charge is 2.15. The predicted molar refractivity (Wildman–Crippen MR) is 73.1 cm³/mol. The van der Waals surface area contributed by atoms with E-state index < -0.39 is 6.04 Å². The molecule has 6 nitrogen and oxygen atoms in total. The average molecular weight is 277 g/mol. The average Bonchev–Trinajstić information content (AvgIpc) is 2.92. The second kappa shape index (κ2) is 7.02. The molecule has 0 spiro atoms. The third kappa shape index (κ3) is 4.32. The van der Waals surface area contributed by atoms with E-state index in [1.807, 2.05) is 44.2 Å². The lowest BCUT2D eigenvalue weighted by Gasteiger charge is -2.10. The first-order valence-electron chi connectivity index (χ1n) is 6.52. The van der Waals surface area contributed by atoms with Gasteiger partial charge in [0.1, 0.15) is 5.75 Å². The Morgan fingerprint density at radius 1 is 1.25 bits per heavy atom. The van der Waals surface area contributed by atoms with Crippen molar-refractivity contribution >= 4 is 0 Å². The summed E-state index contributed by atoms with van der Waals surface area (Å²) >= 11 is 0. The van der Waals surface area contributed by atoms with Gasteiger partial charge in [0.05, 0.1) is 18.8 Å². The van der Waals surface area contributed by atoms with E-state index in [9.17, 15) is 0 Å². The van der Waals surface area contributed by atoms with Gasteiger partial charge in [-0.05, 0) is 26.0 Å². The van der Waals surface area contributed by atoms with Crippen LogP contribution in [0.4, 0.5) is 0 Å². The second-order valence-corrected chi connectivity index (χ2v) is 4.64. The summed E-state index contributed by atoms with van der Waals surface area (Å²) in [6.07, 6.45) is 0.119. The van der Waals surface area contributed by atoms with E-state index in [1.165, 1.54) is 0 Å². The van der Waals surface area contributed by atoms with Gasteiger partial charge in [-0.2, -0.15) is 4.98 Å². The molecule has 0 aliphatic carbocycles. The largest absolute Gasteiger partial charge is 0.484 e. The van der Waals surface area contributed by atoms with Crippen LogP contribution in [-0.2, 0) is 11.3 Å². The summed E-state index contributed by atoms with van der Waals surface area (Å²) < 4.78 is 16.0. The molecule has 1 unspecified atom stereocenters. The minimum atomic E-state index is -0.397. The molecule has 2 N–H and O–H groups in total. The maximum Gasteiger partial charge on any atom is 0.264 e. The summed E-state index contributed by atoms with van der Waals surface area (Å²) in [6.45, 7) is 4.47. The topological polar surface area (TPSA) is 83.4 Å². The highest BCUT2D eigenvalue weighted by molar-refractivity contribution is 5.20. The standard InChI is InChI=1S/C14H19N3O3/c1-10(2)18-8-12(15)14-16-13(20-17-14)9-19-11-6-4-3-5-7-11/h3-7,10,12H,8-9,15H2,1-2H3. The van der Waals surface area contributed by atoms with E-state index >= 15 is 0 Å². The number of para-hydroxylation sites is 1. The van der Waals surface area contributed by atoms with Crippen molar-refractivity contribution in [3.63, 3.8) is 0 Å². The number of rotatable bonds is 7. The first-order valence-corrected chi connectivity index (χ1v) is 6.52. The number of benzene rings is 1. The monoisotopic (exact) mass is 277 g/mol. The fourth-order valence-electron chi connectivity index (χ4n) is 1.51. The molecule has 0 radical (unpaired) electrons. The van der Waals surface area contributed by atoms with E-state index in [0.717, 1.165) is 5.75 Å². The zero-order valence-electron chi connectivity index (χ0n) is 11.7. The van der Waals surface area contributed by atoms with Gasteiger partial charge in [-0.15, -0.1) is 0 Å². The lowest BCUT2D eigenvalue weighted by atomic mass is 10.3. The Morgan fingerprint density at radius 2 is 2.00 bits per heavy atom. The number of nitrogens with zero attached hydrogens (tertiary/aromatic N) is 2. The van der Waals surface area contributed by atoms with Gasteiger partial charge in [-0.1, -0.05) is 23.4 Å². The molecule has 0 saturated heterocycles. The number of hydrogen-bond donors (Lipinski definition) is 1. The first kappa shape index (κ1) is 14.5. The molecule has 0 saturated carbocycles. The molecule has 20 heavy (non-hydrogen) atoms. The molecule has 0 aliphatic heterocycles. The summed E-state index contributed by atoms with van der Waals surface area (Å²) in [7, 11) is 0. The van der Waals surface area contributed by atoms with Crippen LogP contribution in [0.5, 0.6) is 5.75 Å². The fraction of sp³-hybridized carbons (Fsp3) is 0.429. The lowest BCUT2D eigenvalue weighted by molar-refractivity contribution is 0.0665. The van der Waals surface area contributed by atoms with Crippen LogP contribution in [0.15, 0.2) is 34.9 Å². The summed E-state index contributed by atoms with van der Waals surface area (Å²) in [4.78, 5) is 4.20. The van der Waals surface area contributed by atoms with Gasteiger partial charge in [0.15, 0.2) is 12.4 Å². The smallest absolute Gasteiger partial charge is 0.264 e. The Labute approximate surface area is 117 Å². The van der Waals surface area contributed by atoms with Crippen LogP contribution < -0.4 is 10.5 Å². The molecule has 1 atom stereocenters. The molecule has 0 aliphatic rings. The van der Waals surface area contributed by atoms with Crippen molar-refractivity contribution in [2.24, 2.45) is 5.73 Å². The molecule has 6 heteroatoms. The van der Waals surface area contributed by atoms with Gasteiger partial charge in [-0.25, -0.2) is 0 Å². The minimum Gasteiger partial charge on any atom is -0.484 e. The Bertz CT molecular complexity index is 513. The molecule has 2 rings (SSSR count). The van der Waals surface area contributed by atoms with Crippen LogP contribution in [-0.4, -0.2) is 22.9 Å². The molecular weight excluding hydrogens is 258 g/mol. The van der Waals surface area contributed by atoms with Crippen LogP contribution in [0.2, 0.25) is 0 Å². The van der Waals surface area contributed by atoms with E-state index in [-0.39, 0.29) is 12.7 Å². The third-order valence-electron chi connectivity index (χ3n) is 2.53. The van der Waals surface area contributed by atoms with Gasteiger partial charge < -0.3 is 19.7 Å². The van der Waals surface area contributed by atoms with Crippen LogP contribution >= 0.6 is 0 Å². The molecule has 1 aromatic carbocycles. The molecule has 108 valence electrons. The maximum atomic E-state index is 5.91. The van der Waals surface area contributed by atoms with E-state index in [1.54, 1.807) is 0 Å². The summed E-state index contributed by atoms with van der Waals surface area (Å²) in [5.74, 6) is 1.57. The maximum absolute atomic E-state index is 5.91. The van der Waals surface area contributed by atoms with Crippen LogP contribution in [0, 0.1) is 0 Å². The van der Waals surface area contributed by atoms with Crippen molar-refractivity contribution in [1.29, 1.82) is 0 Å². The van der Waals surface area contributed by atoms with Gasteiger partial charge in [0.2, 0.25) is 0 Å². The van der Waals surface area contributed by atoms with E-state index in [0.29, 0.717) is 18.3 Å². The quantitative estimate of drug-likeness (QED) is 0.834. The molecule has 2 aromatic rings. The molecular formula is C14H19N3O3. The van der Waals surface area contributed by atoms with Crippen LogP contribution in [0.25, 0.3) is 0 Å². The zero-order chi connectivity index (χ0) is 14.4. The Morgan fingerprint density at radius 3 is 2.70 bits per heavy atom.